The van der Waals surface area contributed by atoms with Crippen LogP contribution in [0.25, 0.3) is 0 Å². The third-order valence-electron chi connectivity index (χ3n) is 3.21. The summed E-state index contributed by atoms with van der Waals surface area (Å²) in [6.45, 7) is 3.32. The zero-order valence-electron chi connectivity index (χ0n) is 9.61. The Morgan fingerprint density at radius 2 is 2.50 bits per heavy atom. The van der Waals surface area contributed by atoms with E-state index in [1.807, 2.05) is 4.90 Å². The van der Waals surface area contributed by atoms with Gasteiger partial charge in [0.25, 0.3) is 5.91 Å². The summed E-state index contributed by atoms with van der Waals surface area (Å²) < 4.78 is 5.19. The molecule has 1 aromatic heterocycles. The molecule has 4 nitrogen and oxygen atoms in total. The maximum atomic E-state index is 12.2. The van der Waals surface area contributed by atoms with Gasteiger partial charge in [-0.2, -0.15) is 0 Å². The fourth-order valence-corrected chi connectivity index (χ4v) is 2.29. The van der Waals surface area contributed by atoms with Gasteiger partial charge in [0.2, 0.25) is 0 Å². The third kappa shape index (κ3) is 1.97. The summed E-state index contributed by atoms with van der Waals surface area (Å²) in [6.07, 6.45) is 4.75. The summed E-state index contributed by atoms with van der Waals surface area (Å²) in [5.74, 6) is 0.739. The van der Waals surface area contributed by atoms with Gasteiger partial charge < -0.3 is 15.1 Å². The molecule has 1 unspecified atom stereocenters. The van der Waals surface area contributed by atoms with Crippen molar-refractivity contribution in [2.45, 2.75) is 38.8 Å². The molecule has 1 aliphatic rings. The van der Waals surface area contributed by atoms with Gasteiger partial charge in [-0.25, -0.2) is 0 Å². The standard InChI is InChI=1S/C12H18N2O2/c1-2-10-4-3-5-14(10)12(15)9-6-11(7-13)16-8-9/h6,8,10H,2-5,7,13H2,1H3. The summed E-state index contributed by atoms with van der Waals surface area (Å²) >= 11 is 0. The van der Waals surface area contributed by atoms with Gasteiger partial charge in [-0.3, -0.25) is 4.79 Å². The fourth-order valence-electron chi connectivity index (χ4n) is 2.29. The lowest BCUT2D eigenvalue weighted by Gasteiger charge is -2.22. The number of hydrogen-bond acceptors (Lipinski definition) is 3. The number of nitrogens with two attached hydrogens (primary N) is 1. The summed E-state index contributed by atoms with van der Waals surface area (Å²) in [5, 5.41) is 0. The van der Waals surface area contributed by atoms with Crippen molar-refractivity contribution in [1.29, 1.82) is 0 Å². The van der Waals surface area contributed by atoms with E-state index in [0.29, 0.717) is 23.9 Å². The van der Waals surface area contributed by atoms with Crippen LogP contribution in [-0.2, 0) is 6.54 Å². The molecule has 0 radical (unpaired) electrons. The van der Waals surface area contributed by atoms with Crippen molar-refractivity contribution in [2.75, 3.05) is 6.54 Å². The molecule has 0 bridgehead atoms. The second kappa shape index (κ2) is 4.70. The van der Waals surface area contributed by atoms with E-state index < -0.39 is 0 Å². The number of likely N-dealkylation sites (tertiary alicyclic amines) is 1. The average molecular weight is 222 g/mol. The first-order chi connectivity index (χ1) is 7.76. The average Bonchev–Trinajstić information content (AvgIpc) is 2.96. The Kier molecular flexibility index (Phi) is 3.29. The van der Waals surface area contributed by atoms with Crippen LogP contribution >= 0.6 is 0 Å². The van der Waals surface area contributed by atoms with E-state index in [2.05, 4.69) is 6.92 Å². The topological polar surface area (TPSA) is 59.5 Å². The minimum absolute atomic E-state index is 0.0767. The smallest absolute Gasteiger partial charge is 0.257 e. The van der Waals surface area contributed by atoms with Crippen LogP contribution in [0.15, 0.2) is 16.7 Å². The van der Waals surface area contributed by atoms with Gasteiger partial charge in [-0.1, -0.05) is 6.92 Å². The number of furan rings is 1. The highest BCUT2D eigenvalue weighted by molar-refractivity contribution is 5.94. The van der Waals surface area contributed by atoms with Crippen LogP contribution in [0.5, 0.6) is 0 Å². The van der Waals surface area contributed by atoms with Gasteiger partial charge in [0, 0.05) is 12.6 Å². The van der Waals surface area contributed by atoms with Crippen molar-refractivity contribution >= 4 is 5.91 Å². The number of carbonyl (C=O) groups is 1. The zero-order chi connectivity index (χ0) is 11.5. The van der Waals surface area contributed by atoms with E-state index in [1.165, 1.54) is 6.26 Å². The summed E-state index contributed by atoms with van der Waals surface area (Å²) in [6, 6.07) is 2.14. The first-order valence-corrected chi connectivity index (χ1v) is 5.84. The van der Waals surface area contributed by atoms with E-state index in [1.54, 1.807) is 6.07 Å². The van der Waals surface area contributed by atoms with Crippen LogP contribution in [0.1, 0.15) is 42.3 Å². The van der Waals surface area contributed by atoms with Crippen molar-refractivity contribution in [2.24, 2.45) is 5.73 Å². The van der Waals surface area contributed by atoms with Gasteiger partial charge in [0.05, 0.1) is 12.1 Å². The monoisotopic (exact) mass is 222 g/mol. The SMILES string of the molecule is CCC1CCCN1C(=O)c1coc(CN)c1. The maximum Gasteiger partial charge on any atom is 0.257 e. The lowest BCUT2D eigenvalue weighted by molar-refractivity contribution is 0.0733. The van der Waals surface area contributed by atoms with E-state index in [9.17, 15) is 4.79 Å². The van der Waals surface area contributed by atoms with Crippen LogP contribution in [0.2, 0.25) is 0 Å². The minimum atomic E-state index is 0.0767. The van der Waals surface area contributed by atoms with Crippen LogP contribution < -0.4 is 5.73 Å². The van der Waals surface area contributed by atoms with E-state index >= 15 is 0 Å². The lowest BCUT2D eigenvalue weighted by Crippen LogP contribution is -2.34. The highest BCUT2D eigenvalue weighted by atomic mass is 16.3. The molecule has 1 saturated heterocycles. The molecule has 2 heterocycles. The predicted molar refractivity (Wildman–Crippen MR) is 60.9 cm³/mol. The van der Waals surface area contributed by atoms with Gasteiger partial charge in [0.1, 0.15) is 12.0 Å². The van der Waals surface area contributed by atoms with E-state index in [-0.39, 0.29) is 5.91 Å². The second-order valence-electron chi connectivity index (χ2n) is 4.21. The van der Waals surface area contributed by atoms with Crippen molar-refractivity contribution in [3.8, 4) is 0 Å². The van der Waals surface area contributed by atoms with Crippen molar-refractivity contribution in [1.82, 2.24) is 4.90 Å². The lowest BCUT2D eigenvalue weighted by atomic mass is 10.1. The molecule has 0 aromatic carbocycles. The number of amides is 1. The number of carbonyl (C=O) groups excluding carboxylic acids is 1. The second-order valence-corrected chi connectivity index (χ2v) is 4.21. The first-order valence-electron chi connectivity index (χ1n) is 5.84. The fraction of sp³-hybridized carbons (Fsp3) is 0.583. The van der Waals surface area contributed by atoms with Crippen LogP contribution in [0.4, 0.5) is 0 Å². The molecule has 0 saturated carbocycles. The molecule has 2 N–H and O–H groups in total. The van der Waals surface area contributed by atoms with Gasteiger partial charge in [-0.05, 0) is 25.3 Å². The van der Waals surface area contributed by atoms with E-state index in [4.69, 9.17) is 10.2 Å². The Labute approximate surface area is 95.4 Å². The van der Waals surface area contributed by atoms with Gasteiger partial charge >= 0.3 is 0 Å². The Bertz CT molecular complexity index is 373. The maximum absolute atomic E-state index is 12.2. The summed E-state index contributed by atoms with van der Waals surface area (Å²) in [5.41, 5.74) is 6.08. The number of nitrogens with zero attached hydrogens (tertiary/aromatic N) is 1. The molecule has 88 valence electrons. The van der Waals surface area contributed by atoms with Gasteiger partial charge in [0.15, 0.2) is 0 Å². The molecule has 1 fully saturated rings. The normalized spacial score (nSPS) is 20.4. The number of rotatable bonds is 3. The van der Waals surface area contributed by atoms with Crippen LogP contribution in [0.3, 0.4) is 0 Å². The molecule has 1 aliphatic heterocycles. The predicted octanol–water partition coefficient (Wildman–Crippen LogP) is 1.75. The third-order valence-corrected chi connectivity index (χ3v) is 3.21. The quantitative estimate of drug-likeness (QED) is 0.847. The van der Waals surface area contributed by atoms with Crippen LogP contribution in [-0.4, -0.2) is 23.4 Å². The first kappa shape index (κ1) is 11.2. The molecule has 16 heavy (non-hydrogen) atoms. The van der Waals surface area contributed by atoms with Crippen molar-refractivity contribution in [3.05, 3.63) is 23.7 Å². The summed E-state index contributed by atoms with van der Waals surface area (Å²) in [7, 11) is 0. The molecule has 2 rings (SSSR count). The molecule has 0 aliphatic carbocycles. The molecule has 4 heteroatoms. The molecule has 1 aromatic rings. The Morgan fingerprint density at radius 1 is 1.69 bits per heavy atom. The molecule has 1 atom stereocenters. The minimum Gasteiger partial charge on any atom is -0.467 e. The van der Waals surface area contributed by atoms with E-state index in [0.717, 1.165) is 25.8 Å². The Morgan fingerprint density at radius 3 is 3.12 bits per heavy atom. The van der Waals surface area contributed by atoms with Crippen LogP contribution in [0, 0.1) is 0 Å². The number of hydrogen-bond donors (Lipinski definition) is 1. The van der Waals surface area contributed by atoms with Crippen molar-refractivity contribution in [3.63, 3.8) is 0 Å². The van der Waals surface area contributed by atoms with Gasteiger partial charge in [-0.15, -0.1) is 0 Å². The molecule has 0 spiro atoms. The highest BCUT2D eigenvalue weighted by Crippen LogP contribution is 2.22. The van der Waals surface area contributed by atoms with Crippen molar-refractivity contribution < 1.29 is 9.21 Å². The molecular formula is C12H18N2O2. The largest absolute Gasteiger partial charge is 0.467 e. The Balaban J connectivity index is 2.12. The zero-order valence-corrected chi connectivity index (χ0v) is 9.61. The Hall–Kier alpha value is -1.29. The molecular weight excluding hydrogens is 204 g/mol. The molecule has 1 amide bonds. The summed E-state index contributed by atoms with van der Waals surface area (Å²) in [4.78, 5) is 14.1. The highest BCUT2D eigenvalue weighted by Gasteiger charge is 2.28.